The van der Waals surface area contributed by atoms with E-state index in [9.17, 15) is 0 Å². The predicted molar refractivity (Wildman–Crippen MR) is 87.0 cm³/mol. The highest BCUT2D eigenvalue weighted by Crippen LogP contribution is 2.39. The van der Waals surface area contributed by atoms with Crippen molar-refractivity contribution in [3.8, 4) is 5.75 Å². The second-order valence-electron chi connectivity index (χ2n) is 6.61. The van der Waals surface area contributed by atoms with E-state index in [0.717, 1.165) is 34.8 Å². The number of nitrogens with two attached hydrogens (primary N) is 1. The van der Waals surface area contributed by atoms with Gasteiger partial charge in [-0.2, -0.15) is 0 Å². The first kappa shape index (κ1) is 15.1. The van der Waals surface area contributed by atoms with E-state index in [-0.39, 0.29) is 6.04 Å². The molecule has 116 valence electrons. The molecule has 2 aliphatic rings. The van der Waals surface area contributed by atoms with Crippen LogP contribution in [0.2, 0.25) is 5.02 Å². The van der Waals surface area contributed by atoms with Crippen molar-refractivity contribution in [1.82, 2.24) is 4.90 Å². The Balaban J connectivity index is 1.69. The molecule has 0 spiro atoms. The molecule has 0 amide bonds. The molecule has 3 nitrogen and oxygen atoms in total. The summed E-state index contributed by atoms with van der Waals surface area (Å²) in [6, 6.07) is 7.45. The van der Waals surface area contributed by atoms with E-state index >= 15 is 0 Å². The summed E-state index contributed by atoms with van der Waals surface area (Å²) in [4.78, 5) is 2.56. The van der Waals surface area contributed by atoms with E-state index < -0.39 is 0 Å². The lowest BCUT2D eigenvalue weighted by molar-refractivity contribution is 0.120. The zero-order valence-corrected chi connectivity index (χ0v) is 13.6. The largest absolute Gasteiger partial charge is 0.496 e. The predicted octanol–water partition coefficient (Wildman–Crippen LogP) is 3.09. The van der Waals surface area contributed by atoms with Gasteiger partial charge in [0.15, 0.2) is 0 Å². The van der Waals surface area contributed by atoms with Gasteiger partial charge >= 0.3 is 0 Å². The van der Waals surface area contributed by atoms with Crippen LogP contribution < -0.4 is 10.5 Å². The Bertz CT molecular complexity index is 494. The average Bonchev–Trinajstić information content (AvgIpc) is 2.69. The second-order valence-corrected chi connectivity index (χ2v) is 7.04. The zero-order valence-electron chi connectivity index (χ0n) is 12.9. The first-order chi connectivity index (χ1) is 10.1. The van der Waals surface area contributed by atoms with Crippen molar-refractivity contribution in [2.24, 2.45) is 11.7 Å². The Hall–Kier alpha value is -0.770. The molecule has 2 bridgehead atoms. The Morgan fingerprint density at radius 2 is 2.00 bits per heavy atom. The van der Waals surface area contributed by atoms with Crippen molar-refractivity contribution >= 4 is 11.6 Å². The minimum atomic E-state index is 0.189. The van der Waals surface area contributed by atoms with Gasteiger partial charge in [-0.1, -0.05) is 11.6 Å². The molecule has 0 radical (unpaired) electrons. The van der Waals surface area contributed by atoms with Crippen molar-refractivity contribution in [1.29, 1.82) is 0 Å². The molecule has 3 unspecified atom stereocenters. The lowest BCUT2D eigenvalue weighted by Crippen LogP contribution is -2.46. The molecule has 21 heavy (non-hydrogen) atoms. The van der Waals surface area contributed by atoms with Crippen molar-refractivity contribution in [2.75, 3.05) is 14.2 Å². The van der Waals surface area contributed by atoms with Crippen LogP contribution in [0.4, 0.5) is 0 Å². The standard InChI is InChI=1S/C17H25ClN2O/c1-20-14-4-5-15(20)9-11(8-14)16(19)10-12-7-13(18)3-6-17(12)21-2/h3,6-7,11,14-16H,4-5,8-10,19H2,1-2H3. The van der Waals surface area contributed by atoms with E-state index in [4.69, 9.17) is 22.1 Å². The summed E-state index contributed by atoms with van der Waals surface area (Å²) in [5.74, 6) is 1.51. The quantitative estimate of drug-likeness (QED) is 0.929. The first-order valence-corrected chi connectivity index (χ1v) is 8.26. The number of hydrogen-bond donors (Lipinski definition) is 1. The van der Waals surface area contributed by atoms with E-state index in [1.54, 1.807) is 7.11 Å². The Morgan fingerprint density at radius 3 is 2.62 bits per heavy atom. The van der Waals surface area contributed by atoms with Crippen LogP contribution in [-0.4, -0.2) is 37.2 Å². The smallest absolute Gasteiger partial charge is 0.122 e. The van der Waals surface area contributed by atoms with Gasteiger partial charge in [0.25, 0.3) is 0 Å². The van der Waals surface area contributed by atoms with Crippen LogP contribution in [0.3, 0.4) is 0 Å². The third-order valence-corrected chi connectivity index (χ3v) is 5.67. The molecule has 3 atom stereocenters. The van der Waals surface area contributed by atoms with Gasteiger partial charge < -0.3 is 15.4 Å². The molecule has 0 aliphatic carbocycles. The molecular weight excluding hydrogens is 284 g/mol. The van der Waals surface area contributed by atoms with Gasteiger partial charge in [-0.05, 0) is 68.8 Å². The molecule has 2 fully saturated rings. The zero-order chi connectivity index (χ0) is 15.0. The lowest BCUT2D eigenvalue weighted by atomic mass is 9.83. The minimum absolute atomic E-state index is 0.189. The van der Waals surface area contributed by atoms with Gasteiger partial charge in [-0.15, -0.1) is 0 Å². The second kappa shape index (κ2) is 6.15. The van der Waals surface area contributed by atoms with Crippen LogP contribution in [0.5, 0.6) is 5.75 Å². The van der Waals surface area contributed by atoms with Gasteiger partial charge in [-0.3, -0.25) is 0 Å². The fraction of sp³-hybridized carbons (Fsp3) is 0.647. The number of piperidine rings is 1. The van der Waals surface area contributed by atoms with Crippen LogP contribution in [0, 0.1) is 5.92 Å². The summed E-state index contributed by atoms with van der Waals surface area (Å²) >= 11 is 6.12. The van der Waals surface area contributed by atoms with Crippen molar-refractivity contribution in [3.63, 3.8) is 0 Å². The van der Waals surface area contributed by atoms with Gasteiger partial charge in [0, 0.05) is 23.1 Å². The fourth-order valence-corrected chi connectivity index (χ4v) is 4.33. The van der Waals surface area contributed by atoms with Crippen molar-refractivity contribution < 1.29 is 4.74 Å². The van der Waals surface area contributed by atoms with Crippen LogP contribution >= 0.6 is 11.6 Å². The summed E-state index contributed by atoms with van der Waals surface area (Å²) < 4.78 is 5.44. The van der Waals surface area contributed by atoms with Crippen LogP contribution in [0.15, 0.2) is 18.2 Å². The van der Waals surface area contributed by atoms with E-state index in [1.165, 1.54) is 25.7 Å². The molecule has 1 aromatic carbocycles. The number of fused-ring (bicyclic) bond motifs is 2. The van der Waals surface area contributed by atoms with Crippen LogP contribution in [-0.2, 0) is 6.42 Å². The highest BCUT2D eigenvalue weighted by molar-refractivity contribution is 6.30. The van der Waals surface area contributed by atoms with E-state index in [0.29, 0.717) is 5.92 Å². The number of benzene rings is 1. The van der Waals surface area contributed by atoms with Gasteiger partial charge in [0.2, 0.25) is 0 Å². The van der Waals surface area contributed by atoms with Crippen LogP contribution in [0.25, 0.3) is 0 Å². The molecule has 2 N–H and O–H groups in total. The molecule has 2 saturated heterocycles. The molecule has 0 saturated carbocycles. The van der Waals surface area contributed by atoms with Gasteiger partial charge in [0.05, 0.1) is 7.11 Å². The maximum Gasteiger partial charge on any atom is 0.122 e. The summed E-state index contributed by atoms with van der Waals surface area (Å²) in [5.41, 5.74) is 7.66. The third-order valence-electron chi connectivity index (χ3n) is 5.44. The van der Waals surface area contributed by atoms with E-state index in [1.807, 2.05) is 18.2 Å². The maximum atomic E-state index is 6.53. The molecular formula is C17H25ClN2O. The normalized spacial score (nSPS) is 30.4. The highest BCUT2D eigenvalue weighted by atomic mass is 35.5. The highest BCUT2D eigenvalue weighted by Gasteiger charge is 2.40. The topological polar surface area (TPSA) is 38.5 Å². The fourth-order valence-electron chi connectivity index (χ4n) is 4.13. The average molecular weight is 309 g/mol. The number of methoxy groups -OCH3 is 1. The summed E-state index contributed by atoms with van der Waals surface area (Å²) in [6.45, 7) is 0. The molecule has 0 aromatic heterocycles. The first-order valence-electron chi connectivity index (χ1n) is 7.88. The Morgan fingerprint density at radius 1 is 1.33 bits per heavy atom. The number of halogens is 1. The Kier molecular flexibility index (Phi) is 4.43. The number of nitrogens with zero attached hydrogens (tertiary/aromatic N) is 1. The van der Waals surface area contributed by atoms with Crippen molar-refractivity contribution in [2.45, 2.75) is 50.2 Å². The maximum absolute atomic E-state index is 6.53. The SMILES string of the molecule is COc1ccc(Cl)cc1CC(N)C1CC2CCC(C1)N2C. The molecule has 2 heterocycles. The summed E-state index contributed by atoms with van der Waals surface area (Å²) in [6.07, 6.45) is 5.99. The Labute approximate surface area is 132 Å². The summed E-state index contributed by atoms with van der Waals surface area (Å²) in [5, 5.41) is 0.751. The molecule has 1 aromatic rings. The minimum Gasteiger partial charge on any atom is -0.496 e. The summed E-state index contributed by atoms with van der Waals surface area (Å²) in [7, 11) is 3.97. The monoisotopic (exact) mass is 308 g/mol. The molecule has 3 rings (SSSR count). The van der Waals surface area contributed by atoms with Crippen molar-refractivity contribution in [3.05, 3.63) is 28.8 Å². The number of rotatable bonds is 4. The molecule has 2 aliphatic heterocycles. The van der Waals surface area contributed by atoms with E-state index in [2.05, 4.69) is 11.9 Å². The number of ether oxygens (including phenoxy) is 1. The molecule has 4 heteroatoms. The van der Waals surface area contributed by atoms with Crippen LogP contribution in [0.1, 0.15) is 31.2 Å². The lowest BCUT2D eigenvalue weighted by Gasteiger charge is -2.39. The third kappa shape index (κ3) is 3.05. The number of hydrogen-bond acceptors (Lipinski definition) is 3. The van der Waals surface area contributed by atoms with Gasteiger partial charge in [-0.25, -0.2) is 0 Å². The van der Waals surface area contributed by atoms with Gasteiger partial charge in [0.1, 0.15) is 5.75 Å².